The lowest BCUT2D eigenvalue weighted by atomic mass is 10.2. The van der Waals surface area contributed by atoms with Crippen LogP contribution in [-0.4, -0.2) is 54.0 Å². The van der Waals surface area contributed by atoms with Gasteiger partial charge in [0.05, 0.1) is 13.1 Å². The van der Waals surface area contributed by atoms with Crippen LogP contribution in [0, 0.1) is 0 Å². The number of hydrogen-bond donors (Lipinski definition) is 2. The smallest absolute Gasteiger partial charge is 0.241 e. The number of hydrogen-bond acceptors (Lipinski definition) is 4. The Morgan fingerprint density at radius 3 is 2.54 bits per heavy atom. The Kier molecular flexibility index (Phi) is 8.35. The highest BCUT2D eigenvalue weighted by Crippen LogP contribution is 2.15. The molecule has 0 bridgehead atoms. The van der Waals surface area contributed by atoms with Crippen molar-refractivity contribution in [3.8, 4) is 5.88 Å². The van der Waals surface area contributed by atoms with E-state index in [4.69, 9.17) is 4.74 Å². The van der Waals surface area contributed by atoms with Crippen molar-refractivity contribution >= 4 is 11.9 Å². The summed E-state index contributed by atoms with van der Waals surface area (Å²) in [5.74, 6) is 1.21. The van der Waals surface area contributed by atoms with Crippen molar-refractivity contribution in [1.82, 2.24) is 20.5 Å². The summed E-state index contributed by atoms with van der Waals surface area (Å²) in [6, 6.07) is 4.06. The molecule has 0 aliphatic heterocycles. The summed E-state index contributed by atoms with van der Waals surface area (Å²) >= 11 is 0. The standard InChI is InChI=1S/C19H33N5O2/c1-8-14(2)23-18(22-13-17(25)24(6)7)21-12-15-9-10-16(20-11-15)26-19(3,4)5/h9-11,14H,8,12-13H2,1-7H3,(H2,21,22,23). The number of guanidine groups is 1. The molecule has 1 atom stereocenters. The second kappa shape index (κ2) is 9.99. The maximum Gasteiger partial charge on any atom is 0.241 e. The van der Waals surface area contributed by atoms with Crippen molar-refractivity contribution in [3.05, 3.63) is 23.9 Å². The molecule has 0 saturated carbocycles. The van der Waals surface area contributed by atoms with Gasteiger partial charge in [0.1, 0.15) is 5.60 Å². The van der Waals surface area contributed by atoms with Crippen LogP contribution >= 0.6 is 0 Å². The van der Waals surface area contributed by atoms with Crippen LogP contribution in [0.3, 0.4) is 0 Å². The largest absolute Gasteiger partial charge is 0.472 e. The number of likely N-dealkylation sites (N-methyl/N-ethyl adjacent to an activating group) is 1. The fourth-order valence-electron chi connectivity index (χ4n) is 1.85. The van der Waals surface area contributed by atoms with E-state index < -0.39 is 0 Å². The molecule has 0 spiro atoms. The number of amides is 1. The Morgan fingerprint density at radius 2 is 2.04 bits per heavy atom. The van der Waals surface area contributed by atoms with E-state index in [0.29, 0.717) is 18.4 Å². The van der Waals surface area contributed by atoms with Gasteiger partial charge in [0.25, 0.3) is 0 Å². The Bertz CT molecular complexity index is 591. The van der Waals surface area contributed by atoms with Crippen LogP contribution in [0.4, 0.5) is 0 Å². The summed E-state index contributed by atoms with van der Waals surface area (Å²) in [5.41, 5.74) is 0.693. The van der Waals surface area contributed by atoms with Gasteiger partial charge in [0.2, 0.25) is 11.8 Å². The van der Waals surface area contributed by atoms with Gasteiger partial charge in [-0.25, -0.2) is 9.98 Å². The normalized spacial score (nSPS) is 13.1. The molecule has 1 rings (SSSR count). The first-order valence-electron chi connectivity index (χ1n) is 8.99. The molecule has 1 aromatic heterocycles. The van der Waals surface area contributed by atoms with Crippen molar-refractivity contribution in [1.29, 1.82) is 0 Å². The summed E-state index contributed by atoms with van der Waals surface area (Å²) in [7, 11) is 3.46. The maximum absolute atomic E-state index is 11.8. The number of nitrogens with zero attached hydrogens (tertiary/aromatic N) is 3. The van der Waals surface area contributed by atoms with Gasteiger partial charge in [-0.05, 0) is 39.7 Å². The highest BCUT2D eigenvalue weighted by atomic mass is 16.5. The molecule has 1 amide bonds. The average Bonchev–Trinajstić information content (AvgIpc) is 2.56. The van der Waals surface area contributed by atoms with Gasteiger partial charge >= 0.3 is 0 Å². The molecular weight excluding hydrogens is 330 g/mol. The molecule has 7 heteroatoms. The number of pyridine rings is 1. The second-order valence-corrected chi connectivity index (χ2v) is 7.48. The topological polar surface area (TPSA) is 78.9 Å². The summed E-state index contributed by atoms with van der Waals surface area (Å²) in [6.45, 7) is 10.8. The predicted molar refractivity (Wildman–Crippen MR) is 105 cm³/mol. The zero-order chi connectivity index (χ0) is 19.7. The first-order chi connectivity index (χ1) is 12.1. The molecule has 146 valence electrons. The van der Waals surface area contributed by atoms with Gasteiger partial charge in [0.15, 0.2) is 5.96 Å². The monoisotopic (exact) mass is 363 g/mol. The molecule has 7 nitrogen and oxygen atoms in total. The number of aromatic nitrogens is 1. The minimum absolute atomic E-state index is 0.00556. The summed E-state index contributed by atoms with van der Waals surface area (Å²) in [4.78, 5) is 22.2. The maximum atomic E-state index is 11.8. The van der Waals surface area contributed by atoms with E-state index in [1.54, 1.807) is 25.2 Å². The molecular formula is C19H33N5O2. The number of aliphatic imine (C=N–C) groups is 1. The predicted octanol–water partition coefficient (Wildman–Crippen LogP) is 2.18. The molecule has 0 aliphatic rings. The van der Waals surface area contributed by atoms with Crippen molar-refractivity contribution in [2.24, 2.45) is 4.99 Å². The zero-order valence-corrected chi connectivity index (χ0v) is 17.1. The van der Waals surface area contributed by atoms with Gasteiger partial charge < -0.3 is 20.3 Å². The molecule has 0 saturated heterocycles. The fourth-order valence-corrected chi connectivity index (χ4v) is 1.85. The molecule has 0 aliphatic carbocycles. The van der Waals surface area contributed by atoms with E-state index in [1.165, 1.54) is 0 Å². The quantitative estimate of drug-likeness (QED) is 0.573. The van der Waals surface area contributed by atoms with E-state index in [2.05, 4.69) is 34.5 Å². The minimum atomic E-state index is -0.275. The Morgan fingerprint density at radius 1 is 1.35 bits per heavy atom. The molecule has 1 aromatic rings. The number of nitrogens with one attached hydrogen (secondary N) is 2. The molecule has 1 unspecified atom stereocenters. The molecule has 26 heavy (non-hydrogen) atoms. The first kappa shape index (κ1) is 21.7. The number of ether oxygens (including phenoxy) is 1. The SMILES string of the molecule is CCC(C)NC(=NCc1ccc(OC(C)(C)C)nc1)NCC(=O)N(C)C. The summed E-state index contributed by atoms with van der Waals surface area (Å²) in [6.07, 6.45) is 2.72. The van der Waals surface area contributed by atoms with Crippen LogP contribution < -0.4 is 15.4 Å². The van der Waals surface area contributed by atoms with Crippen LogP contribution in [0.5, 0.6) is 5.88 Å². The Hall–Kier alpha value is -2.31. The van der Waals surface area contributed by atoms with Crippen molar-refractivity contribution in [2.75, 3.05) is 20.6 Å². The fraction of sp³-hybridized carbons (Fsp3) is 0.632. The Balaban J connectivity index is 2.73. The van der Waals surface area contributed by atoms with Crippen molar-refractivity contribution in [3.63, 3.8) is 0 Å². The Labute approximate surface area is 157 Å². The highest BCUT2D eigenvalue weighted by molar-refractivity contribution is 5.86. The van der Waals surface area contributed by atoms with Gasteiger partial charge in [-0.3, -0.25) is 4.79 Å². The van der Waals surface area contributed by atoms with Gasteiger partial charge in [-0.2, -0.15) is 0 Å². The van der Waals surface area contributed by atoms with E-state index in [-0.39, 0.29) is 24.1 Å². The van der Waals surface area contributed by atoms with Crippen molar-refractivity contribution in [2.45, 2.75) is 59.2 Å². The van der Waals surface area contributed by atoms with Gasteiger partial charge in [-0.15, -0.1) is 0 Å². The number of rotatable bonds is 7. The molecule has 1 heterocycles. The summed E-state index contributed by atoms with van der Waals surface area (Å²) < 4.78 is 5.72. The van der Waals surface area contributed by atoms with E-state index in [0.717, 1.165) is 12.0 Å². The molecule has 0 aromatic carbocycles. The van der Waals surface area contributed by atoms with Crippen molar-refractivity contribution < 1.29 is 9.53 Å². The lowest BCUT2D eigenvalue weighted by molar-refractivity contribution is -0.127. The van der Waals surface area contributed by atoms with Crippen LogP contribution in [0.1, 0.15) is 46.6 Å². The molecule has 2 N–H and O–H groups in total. The highest BCUT2D eigenvalue weighted by Gasteiger charge is 2.12. The van der Waals surface area contributed by atoms with Crippen LogP contribution in [0.2, 0.25) is 0 Å². The zero-order valence-electron chi connectivity index (χ0n) is 17.1. The van der Waals surface area contributed by atoms with Crippen LogP contribution in [0.15, 0.2) is 23.3 Å². The van der Waals surface area contributed by atoms with E-state index in [1.807, 2.05) is 32.9 Å². The lowest BCUT2D eigenvalue weighted by Crippen LogP contribution is -2.45. The van der Waals surface area contributed by atoms with Crippen LogP contribution in [-0.2, 0) is 11.3 Å². The van der Waals surface area contributed by atoms with E-state index in [9.17, 15) is 4.79 Å². The minimum Gasteiger partial charge on any atom is -0.472 e. The third kappa shape index (κ3) is 8.69. The van der Waals surface area contributed by atoms with Crippen LogP contribution in [0.25, 0.3) is 0 Å². The number of carbonyl (C=O) groups is 1. The first-order valence-corrected chi connectivity index (χ1v) is 8.99. The third-order valence-corrected chi connectivity index (χ3v) is 3.53. The summed E-state index contributed by atoms with van der Waals surface area (Å²) in [5, 5.41) is 6.38. The molecule has 0 fully saturated rings. The average molecular weight is 364 g/mol. The van der Waals surface area contributed by atoms with Gasteiger partial charge in [-0.1, -0.05) is 13.0 Å². The third-order valence-electron chi connectivity index (χ3n) is 3.53. The second-order valence-electron chi connectivity index (χ2n) is 7.48. The molecule has 0 radical (unpaired) electrons. The van der Waals surface area contributed by atoms with E-state index >= 15 is 0 Å². The van der Waals surface area contributed by atoms with Gasteiger partial charge in [0, 0.05) is 32.4 Å². The lowest BCUT2D eigenvalue weighted by Gasteiger charge is -2.20. The number of carbonyl (C=O) groups excluding carboxylic acids is 1.